The number of likely N-dealkylation sites (N-methyl/N-ethyl adjacent to an activating group) is 1. The molecule has 0 spiro atoms. The van der Waals surface area contributed by atoms with Gasteiger partial charge >= 0.3 is 5.69 Å². The van der Waals surface area contributed by atoms with Gasteiger partial charge in [0.25, 0.3) is 5.91 Å². The largest absolute Gasteiger partial charge is 0.506 e. The maximum atomic E-state index is 12.6. The number of phenols is 1. The van der Waals surface area contributed by atoms with Crippen LogP contribution < -0.4 is 4.74 Å². The third-order valence-corrected chi connectivity index (χ3v) is 4.24. The highest BCUT2D eigenvalue weighted by Crippen LogP contribution is 2.38. The van der Waals surface area contributed by atoms with Crippen molar-refractivity contribution in [2.24, 2.45) is 0 Å². The molecule has 32 heavy (non-hydrogen) atoms. The van der Waals surface area contributed by atoms with Crippen LogP contribution in [0.1, 0.15) is 16.7 Å². The number of nitro benzene ring substituents is 1. The molecule has 10 nitrogen and oxygen atoms in total. The van der Waals surface area contributed by atoms with E-state index in [1.165, 1.54) is 7.05 Å². The molecule has 0 unspecified atom stereocenters. The van der Waals surface area contributed by atoms with Crippen molar-refractivity contribution in [3.05, 3.63) is 68.8 Å². The predicted octanol–water partition coefficient (Wildman–Crippen LogP) is 2.48. The van der Waals surface area contributed by atoms with E-state index >= 15 is 0 Å². The number of carbonyl (C=O) groups is 1. The molecule has 0 saturated heterocycles. The van der Waals surface area contributed by atoms with Crippen LogP contribution in [-0.2, 0) is 4.79 Å². The van der Waals surface area contributed by atoms with Gasteiger partial charge in [0.15, 0.2) is 11.3 Å². The molecule has 0 aliphatic carbocycles. The number of nitriles is 2. The lowest BCUT2D eigenvalue weighted by atomic mass is 10.1. The van der Waals surface area contributed by atoms with Crippen LogP contribution in [0.5, 0.6) is 11.5 Å². The molecule has 0 aromatic heterocycles. The second-order valence-electron chi connectivity index (χ2n) is 6.26. The minimum Gasteiger partial charge on any atom is -0.506 e. The number of carbonyl (C=O) groups excluding carboxylic acids is 1. The van der Waals surface area contributed by atoms with Crippen LogP contribution in [0.4, 0.5) is 5.69 Å². The first-order valence-corrected chi connectivity index (χ1v) is 8.87. The lowest BCUT2D eigenvalue weighted by molar-refractivity contribution is -0.386. The summed E-state index contributed by atoms with van der Waals surface area (Å²) in [6, 6.07) is 12.1. The van der Waals surface area contributed by atoms with Crippen molar-refractivity contribution in [3.63, 3.8) is 0 Å². The fourth-order valence-electron chi connectivity index (χ4n) is 2.58. The molecule has 2 rings (SSSR count). The minimum atomic E-state index is -0.900. The van der Waals surface area contributed by atoms with Crippen molar-refractivity contribution in [1.82, 2.24) is 4.90 Å². The monoisotopic (exact) mass is 432 g/mol. The molecule has 10 heteroatoms. The molecule has 0 heterocycles. The Morgan fingerprint density at radius 3 is 2.47 bits per heavy atom. The van der Waals surface area contributed by atoms with Crippen LogP contribution in [0.15, 0.2) is 42.0 Å². The quantitative estimate of drug-likeness (QED) is 0.182. The van der Waals surface area contributed by atoms with E-state index in [9.17, 15) is 30.4 Å². The number of ether oxygens (including phenoxy) is 1. The van der Waals surface area contributed by atoms with E-state index in [0.29, 0.717) is 11.1 Å². The molecular weight excluding hydrogens is 416 g/mol. The number of aliphatic hydroxyl groups is 1. The van der Waals surface area contributed by atoms with Crippen molar-refractivity contribution in [3.8, 4) is 35.5 Å². The van der Waals surface area contributed by atoms with Gasteiger partial charge in [-0.25, -0.2) is 0 Å². The van der Waals surface area contributed by atoms with Crippen LogP contribution >= 0.6 is 0 Å². The summed E-state index contributed by atoms with van der Waals surface area (Å²) in [5.41, 5.74) is -0.885. The van der Waals surface area contributed by atoms with Crippen molar-refractivity contribution in [1.29, 1.82) is 10.5 Å². The van der Waals surface area contributed by atoms with Gasteiger partial charge in [0.1, 0.15) is 17.9 Å². The van der Waals surface area contributed by atoms with Crippen LogP contribution in [0.2, 0.25) is 0 Å². The van der Waals surface area contributed by atoms with Gasteiger partial charge in [0.05, 0.1) is 24.1 Å². The fraction of sp³-hybridized carbons (Fsp3) is 0.136. The van der Waals surface area contributed by atoms with E-state index in [1.54, 1.807) is 30.3 Å². The smallest absolute Gasteiger partial charge is 0.315 e. The standard InChI is InChI=1S/C22H16N4O6/c1-25(9-5-8-14-6-3-4-7-15(14)12-23)22(29)17(13-24)20(27)16-10-18(26(30)31)21(28)19(11-16)32-2/h3-4,6-7,10-11,27-28H,9H2,1-2H3/b20-17-. The first-order valence-electron chi connectivity index (χ1n) is 8.87. The molecule has 0 aliphatic rings. The van der Waals surface area contributed by atoms with Crippen molar-refractivity contribution < 1.29 is 24.7 Å². The number of rotatable bonds is 5. The van der Waals surface area contributed by atoms with Crippen LogP contribution in [0.25, 0.3) is 5.76 Å². The summed E-state index contributed by atoms with van der Waals surface area (Å²) in [5, 5.41) is 49.9. The SMILES string of the molecule is COc1cc(/C(O)=C(\C#N)C(=O)N(C)CC#Cc2ccccc2C#N)cc([N+](=O)[O-])c1O. The summed E-state index contributed by atoms with van der Waals surface area (Å²) in [4.78, 5) is 23.9. The molecular formula is C22H16N4O6. The fourth-order valence-corrected chi connectivity index (χ4v) is 2.58. The predicted molar refractivity (Wildman–Crippen MR) is 112 cm³/mol. The Bertz CT molecular complexity index is 1260. The number of benzene rings is 2. The summed E-state index contributed by atoms with van der Waals surface area (Å²) >= 11 is 0. The number of hydrogen-bond acceptors (Lipinski definition) is 8. The van der Waals surface area contributed by atoms with Crippen LogP contribution in [0.3, 0.4) is 0 Å². The molecule has 0 radical (unpaired) electrons. The molecule has 2 aromatic rings. The van der Waals surface area contributed by atoms with Gasteiger partial charge in [-0.1, -0.05) is 24.0 Å². The van der Waals surface area contributed by atoms with E-state index in [0.717, 1.165) is 24.1 Å². The number of aromatic hydroxyl groups is 1. The molecule has 1 amide bonds. The van der Waals surface area contributed by atoms with Gasteiger partial charge in [-0.05, 0) is 18.2 Å². The Morgan fingerprint density at radius 1 is 1.25 bits per heavy atom. The van der Waals surface area contributed by atoms with Crippen molar-refractivity contribution in [2.45, 2.75) is 0 Å². The number of aliphatic hydroxyl groups excluding tert-OH is 1. The van der Waals surface area contributed by atoms with Gasteiger partial charge in [-0.3, -0.25) is 14.9 Å². The van der Waals surface area contributed by atoms with Gasteiger partial charge in [-0.2, -0.15) is 10.5 Å². The third-order valence-electron chi connectivity index (χ3n) is 4.24. The summed E-state index contributed by atoms with van der Waals surface area (Å²) in [7, 11) is 2.49. The number of methoxy groups -OCH3 is 1. The Kier molecular flexibility index (Phi) is 7.38. The molecule has 0 aliphatic heterocycles. The number of hydrogen-bond donors (Lipinski definition) is 2. The molecule has 0 fully saturated rings. The summed E-state index contributed by atoms with van der Waals surface area (Å²) in [6.07, 6.45) is 0. The van der Waals surface area contributed by atoms with Gasteiger partial charge < -0.3 is 19.8 Å². The highest BCUT2D eigenvalue weighted by molar-refractivity contribution is 6.03. The lowest BCUT2D eigenvalue weighted by Gasteiger charge is -2.14. The summed E-state index contributed by atoms with van der Waals surface area (Å²) in [6.45, 7) is -0.129. The first kappa shape index (κ1) is 23.3. The van der Waals surface area contributed by atoms with E-state index < -0.39 is 33.6 Å². The summed E-state index contributed by atoms with van der Waals surface area (Å²) in [5.74, 6) is 2.68. The second-order valence-corrected chi connectivity index (χ2v) is 6.26. The maximum Gasteiger partial charge on any atom is 0.315 e. The zero-order chi connectivity index (χ0) is 23.8. The third kappa shape index (κ3) is 4.93. The normalized spacial score (nSPS) is 10.5. The molecule has 0 atom stereocenters. The first-order chi connectivity index (χ1) is 15.2. The van der Waals surface area contributed by atoms with E-state index in [2.05, 4.69) is 11.8 Å². The Balaban J connectivity index is 2.37. The zero-order valence-electron chi connectivity index (χ0n) is 17.0. The number of phenolic OH excluding ortho intramolecular Hbond substituents is 1. The Morgan fingerprint density at radius 2 is 1.91 bits per heavy atom. The van der Waals surface area contributed by atoms with Crippen molar-refractivity contribution in [2.75, 3.05) is 20.7 Å². The zero-order valence-corrected chi connectivity index (χ0v) is 17.0. The van der Waals surface area contributed by atoms with Crippen LogP contribution in [-0.4, -0.2) is 46.6 Å². The van der Waals surface area contributed by atoms with Gasteiger partial charge in [0, 0.05) is 24.2 Å². The molecule has 160 valence electrons. The molecule has 2 N–H and O–H groups in total. The number of nitrogens with zero attached hydrogens (tertiary/aromatic N) is 4. The molecule has 2 aromatic carbocycles. The Hall–Kier alpha value is -5.01. The van der Waals surface area contributed by atoms with Crippen molar-refractivity contribution >= 4 is 17.4 Å². The maximum absolute atomic E-state index is 12.6. The highest BCUT2D eigenvalue weighted by Gasteiger charge is 2.25. The van der Waals surface area contributed by atoms with Crippen LogP contribution in [0, 0.1) is 44.6 Å². The summed E-state index contributed by atoms with van der Waals surface area (Å²) < 4.78 is 4.85. The van der Waals surface area contributed by atoms with E-state index in [-0.39, 0.29) is 17.9 Å². The van der Waals surface area contributed by atoms with Gasteiger partial charge in [-0.15, -0.1) is 0 Å². The lowest BCUT2D eigenvalue weighted by Crippen LogP contribution is -2.28. The molecule has 0 saturated carbocycles. The van der Waals surface area contributed by atoms with E-state index in [1.807, 2.05) is 6.07 Å². The van der Waals surface area contributed by atoms with Gasteiger partial charge in [0.2, 0.25) is 5.75 Å². The highest BCUT2D eigenvalue weighted by atomic mass is 16.6. The minimum absolute atomic E-state index is 0.129. The number of nitro groups is 1. The Labute approximate surface area is 183 Å². The number of amides is 1. The second kappa shape index (κ2) is 10.1. The van der Waals surface area contributed by atoms with E-state index in [4.69, 9.17) is 10.00 Å². The average molecular weight is 432 g/mol. The average Bonchev–Trinajstić information content (AvgIpc) is 2.79. The topological polar surface area (TPSA) is 161 Å². The molecule has 0 bridgehead atoms.